The van der Waals surface area contributed by atoms with E-state index in [4.69, 9.17) is 4.74 Å². The van der Waals surface area contributed by atoms with Crippen LogP contribution >= 0.6 is 0 Å². The maximum absolute atomic E-state index is 14.7. The number of amides is 3. The fourth-order valence-corrected chi connectivity index (χ4v) is 5.12. The zero-order valence-electron chi connectivity index (χ0n) is 26.5. The van der Waals surface area contributed by atoms with Gasteiger partial charge in [0.1, 0.15) is 29.2 Å². The van der Waals surface area contributed by atoms with Crippen LogP contribution in [0.15, 0.2) is 91.0 Å². The molecule has 2 atom stereocenters. The van der Waals surface area contributed by atoms with Crippen LogP contribution in [-0.4, -0.2) is 50.2 Å². The molecule has 9 heteroatoms. The van der Waals surface area contributed by atoms with E-state index in [0.717, 1.165) is 10.8 Å². The summed E-state index contributed by atoms with van der Waals surface area (Å²) in [6.07, 6.45) is -0.729. The predicted molar refractivity (Wildman–Crippen MR) is 175 cm³/mol. The lowest BCUT2D eigenvalue weighted by Crippen LogP contribution is -2.58. The van der Waals surface area contributed by atoms with Crippen molar-refractivity contribution in [3.8, 4) is 11.5 Å². The number of phenolic OH excluding ortho intramolecular Hbond substituents is 2. The molecular weight excluding hydrogens is 570 g/mol. The summed E-state index contributed by atoms with van der Waals surface area (Å²) in [5.74, 6) is -1.04. The van der Waals surface area contributed by atoms with Crippen LogP contribution in [0.25, 0.3) is 10.8 Å². The maximum atomic E-state index is 14.7. The molecule has 0 fully saturated rings. The van der Waals surface area contributed by atoms with Gasteiger partial charge in [-0.15, -0.1) is 0 Å². The second-order valence-corrected chi connectivity index (χ2v) is 13.0. The van der Waals surface area contributed by atoms with Gasteiger partial charge < -0.3 is 30.5 Å². The first kappa shape index (κ1) is 32.9. The van der Waals surface area contributed by atoms with Gasteiger partial charge in [-0.2, -0.15) is 0 Å². The molecule has 9 nitrogen and oxygen atoms in total. The molecule has 0 saturated heterocycles. The fraction of sp³-hybridized carbons (Fsp3) is 0.306. The molecule has 0 heterocycles. The van der Waals surface area contributed by atoms with Gasteiger partial charge in [-0.3, -0.25) is 9.59 Å². The Balaban J connectivity index is 1.78. The van der Waals surface area contributed by atoms with E-state index in [9.17, 15) is 24.6 Å². The molecule has 0 aliphatic rings. The van der Waals surface area contributed by atoms with Crippen molar-refractivity contribution in [2.24, 2.45) is 0 Å². The summed E-state index contributed by atoms with van der Waals surface area (Å²) in [7, 11) is 0. The summed E-state index contributed by atoms with van der Waals surface area (Å²) in [6, 6.07) is 23.5. The molecule has 4 aromatic carbocycles. The number of carbonyl (C=O) groups is 3. The van der Waals surface area contributed by atoms with E-state index in [1.54, 1.807) is 71.9 Å². The number of rotatable bonds is 8. The van der Waals surface area contributed by atoms with Crippen molar-refractivity contribution in [1.29, 1.82) is 0 Å². The Bertz CT molecular complexity index is 1670. The molecule has 0 spiro atoms. The second-order valence-electron chi connectivity index (χ2n) is 13.0. The highest BCUT2D eigenvalue weighted by Crippen LogP contribution is 2.33. The number of nitrogens with one attached hydrogen (secondary N) is 2. The topological polar surface area (TPSA) is 128 Å². The molecule has 2 unspecified atom stereocenters. The van der Waals surface area contributed by atoms with Crippen LogP contribution in [-0.2, 0) is 20.7 Å². The molecule has 0 aliphatic heterocycles. The van der Waals surface area contributed by atoms with E-state index in [1.807, 2.05) is 36.4 Å². The van der Waals surface area contributed by atoms with Crippen LogP contribution in [0.3, 0.4) is 0 Å². The van der Waals surface area contributed by atoms with Crippen LogP contribution in [0.2, 0.25) is 0 Å². The largest absolute Gasteiger partial charge is 0.508 e. The Hall–Kier alpha value is -5.05. The number of benzene rings is 4. The van der Waals surface area contributed by atoms with E-state index >= 15 is 0 Å². The number of alkyl carbamates (subject to hydrolysis) is 1. The molecule has 4 aromatic rings. The van der Waals surface area contributed by atoms with Gasteiger partial charge in [0.15, 0.2) is 0 Å². The summed E-state index contributed by atoms with van der Waals surface area (Å²) >= 11 is 0. The van der Waals surface area contributed by atoms with Crippen LogP contribution in [0.4, 0.5) is 10.5 Å². The third-order valence-corrected chi connectivity index (χ3v) is 7.03. The Morgan fingerprint density at radius 1 is 0.778 bits per heavy atom. The molecule has 4 N–H and O–H groups in total. The summed E-state index contributed by atoms with van der Waals surface area (Å²) in [5.41, 5.74) is -0.152. The Morgan fingerprint density at radius 3 is 2.07 bits per heavy atom. The van der Waals surface area contributed by atoms with E-state index in [2.05, 4.69) is 10.6 Å². The Labute approximate surface area is 263 Å². The van der Waals surface area contributed by atoms with Crippen LogP contribution < -0.4 is 10.6 Å². The molecule has 0 saturated carbocycles. The van der Waals surface area contributed by atoms with Crippen molar-refractivity contribution in [3.63, 3.8) is 0 Å². The monoisotopic (exact) mass is 611 g/mol. The normalized spacial score (nSPS) is 13.0. The number of anilines is 1. The number of fused-ring (bicyclic) bond motifs is 1. The van der Waals surface area contributed by atoms with Gasteiger partial charge in [0.2, 0.25) is 5.91 Å². The minimum absolute atomic E-state index is 0.0595. The third kappa shape index (κ3) is 8.75. The van der Waals surface area contributed by atoms with Gasteiger partial charge in [0.25, 0.3) is 5.91 Å². The first-order chi connectivity index (χ1) is 21.1. The van der Waals surface area contributed by atoms with Gasteiger partial charge in [0.05, 0.1) is 0 Å². The molecule has 236 valence electrons. The SMILES string of the molecule is CC(C)(C)OC(=O)NC(Cc1ccc(O)cc1)C(=O)N(C(C(=O)Nc1ccc2ccccc2c1)c1cccc(O)c1)C(C)(C)C. The summed E-state index contributed by atoms with van der Waals surface area (Å²) < 4.78 is 5.49. The molecule has 0 aromatic heterocycles. The predicted octanol–water partition coefficient (Wildman–Crippen LogP) is 6.69. The van der Waals surface area contributed by atoms with Gasteiger partial charge >= 0.3 is 6.09 Å². The van der Waals surface area contributed by atoms with Crippen molar-refractivity contribution in [1.82, 2.24) is 10.2 Å². The Kier molecular flexibility index (Phi) is 9.71. The molecule has 45 heavy (non-hydrogen) atoms. The van der Waals surface area contributed by atoms with Crippen LogP contribution in [0.1, 0.15) is 58.7 Å². The van der Waals surface area contributed by atoms with E-state index in [1.165, 1.54) is 29.2 Å². The third-order valence-electron chi connectivity index (χ3n) is 7.03. The highest BCUT2D eigenvalue weighted by atomic mass is 16.6. The summed E-state index contributed by atoms with van der Waals surface area (Å²) in [4.78, 5) is 43.3. The second kappa shape index (κ2) is 13.3. The minimum atomic E-state index is -1.20. The lowest BCUT2D eigenvalue weighted by Gasteiger charge is -2.43. The summed E-state index contributed by atoms with van der Waals surface area (Å²) in [5, 5.41) is 27.8. The lowest BCUT2D eigenvalue weighted by atomic mass is 9.94. The van der Waals surface area contributed by atoms with Crippen molar-refractivity contribution >= 4 is 34.4 Å². The first-order valence-electron chi connectivity index (χ1n) is 14.8. The maximum Gasteiger partial charge on any atom is 0.408 e. The van der Waals surface area contributed by atoms with Gasteiger partial charge in [-0.1, -0.05) is 54.6 Å². The van der Waals surface area contributed by atoms with Gasteiger partial charge in [0, 0.05) is 17.6 Å². The van der Waals surface area contributed by atoms with E-state index in [0.29, 0.717) is 16.8 Å². The highest BCUT2D eigenvalue weighted by Gasteiger charge is 2.42. The Morgan fingerprint density at radius 2 is 1.44 bits per heavy atom. The quantitative estimate of drug-likeness (QED) is 0.176. The first-order valence-corrected chi connectivity index (χ1v) is 14.8. The van der Waals surface area contributed by atoms with Crippen LogP contribution in [0, 0.1) is 0 Å². The minimum Gasteiger partial charge on any atom is -0.508 e. The number of nitrogens with zero attached hydrogens (tertiary/aromatic N) is 1. The highest BCUT2D eigenvalue weighted by molar-refractivity contribution is 6.00. The van der Waals surface area contributed by atoms with Gasteiger partial charge in [-0.25, -0.2) is 4.79 Å². The van der Waals surface area contributed by atoms with Gasteiger partial charge in [-0.05, 0) is 99.8 Å². The zero-order chi connectivity index (χ0) is 32.9. The van der Waals surface area contributed by atoms with E-state index < -0.39 is 41.1 Å². The lowest BCUT2D eigenvalue weighted by molar-refractivity contribution is -0.146. The van der Waals surface area contributed by atoms with Crippen LogP contribution in [0.5, 0.6) is 11.5 Å². The molecule has 0 radical (unpaired) electrons. The number of hydrogen-bond donors (Lipinski definition) is 4. The number of hydrogen-bond acceptors (Lipinski definition) is 6. The van der Waals surface area contributed by atoms with Crippen molar-refractivity contribution in [3.05, 3.63) is 102 Å². The number of phenols is 2. The number of ether oxygens (including phenoxy) is 1. The zero-order valence-corrected chi connectivity index (χ0v) is 26.5. The van der Waals surface area contributed by atoms with Crippen molar-refractivity contribution in [2.75, 3.05) is 5.32 Å². The molecular formula is C36H41N3O6. The van der Waals surface area contributed by atoms with Crippen molar-refractivity contribution < 1.29 is 29.3 Å². The summed E-state index contributed by atoms with van der Waals surface area (Å²) in [6.45, 7) is 10.6. The molecule has 0 bridgehead atoms. The smallest absolute Gasteiger partial charge is 0.408 e. The molecule has 3 amide bonds. The number of carbonyl (C=O) groups excluding carboxylic acids is 3. The average molecular weight is 612 g/mol. The average Bonchev–Trinajstić information content (AvgIpc) is 2.94. The van der Waals surface area contributed by atoms with Crippen molar-refractivity contribution in [2.45, 2.75) is 71.2 Å². The fourth-order valence-electron chi connectivity index (χ4n) is 5.12. The number of aromatic hydroxyl groups is 2. The van der Waals surface area contributed by atoms with E-state index in [-0.39, 0.29) is 17.9 Å². The standard InChI is InChI=1S/C36H41N3O6/c1-35(2,3)39(33(43)30(38-34(44)45-36(4,5)6)20-23-14-18-28(40)19-15-23)31(26-12-9-13-29(41)22-26)32(42)37-27-17-16-24-10-7-8-11-25(24)21-27/h7-19,21-22,30-31,40-41H,20H2,1-6H3,(H,37,42)(H,38,44). The molecule has 0 aliphatic carbocycles. The molecule has 4 rings (SSSR count).